The first kappa shape index (κ1) is 13.5. The minimum Gasteiger partial charge on any atom is -0.348 e. The molecule has 1 aliphatic heterocycles. The first-order valence-corrected chi connectivity index (χ1v) is 7.86. The highest BCUT2D eigenvalue weighted by molar-refractivity contribution is 7.09. The first-order valence-electron chi connectivity index (χ1n) is 6.60. The van der Waals surface area contributed by atoms with Crippen LogP contribution < -0.4 is 10.2 Å². The van der Waals surface area contributed by atoms with Crippen LogP contribution in [0.4, 0.5) is 11.9 Å². The van der Waals surface area contributed by atoms with Crippen molar-refractivity contribution in [2.24, 2.45) is 0 Å². The van der Waals surface area contributed by atoms with Crippen molar-refractivity contribution in [3.63, 3.8) is 0 Å². The van der Waals surface area contributed by atoms with Crippen molar-refractivity contribution in [1.82, 2.24) is 19.9 Å². The van der Waals surface area contributed by atoms with E-state index >= 15 is 0 Å². The van der Waals surface area contributed by atoms with Gasteiger partial charge in [0.15, 0.2) is 0 Å². The molecule has 1 aliphatic rings. The van der Waals surface area contributed by atoms with Gasteiger partial charge in [-0.3, -0.25) is 0 Å². The zero-order valence-corrected chi connectivity index (χ0v) is 12.5. The normalized spacial score (nSPS) is 15.3. The second-order valence-electron chi connectivity index (χ2n) is 4.56. The number of thiazole rings is 1. The van der Waals surface area contributed by atoms with Crippen molar-refractivity contribution in [1.29, 1.82) is 0 Å². The van der Waals surface area contributed by atoms with Crippen LogP contribution in [0.15, 0.2) is 11.6 Å². The van der Waals surface area contributed by atoms with Gasteiger partial charge in [0, 0.05) is 24.7 Å². The summed E-state index contributed by atoms with van der Waals surface area (Å²) < 4.78 is 0. The Hall–Kier alpha value is -1.47. The third kappa shape index (κ3) is 3.34. The first-order chi connectivity index (χ1) is 9.81. The summed E-state index contributed by atoms with van der Waals surface area (Å²) in [6, 6.07) is 0. The Balaban J connectivity index is 1.72. The van der Waals surface area contributed by atoms with Gasteiger partial charge in [-0.2, -0.15) is 15.0 Å². The maximum atomic E-state index is 5.99. The quantitative estimate of drug-likeness (QED) is 0.936. The Morgan fingerprint density at radius 2 is 2.05 bits per heavy atom. The van der Waals surface area contributed by atoms with Gasteiger partial charge < -0.3 is 10.2 Å². The molecule has 0 bridgehead atoms. The van der Waals surface area contributed by atoms with E-state index in [-0.39, 0.29) is 5.28 Å². The number of piperidine rings is 1. The fourth-order valence-corrected chi connectivity index (χ4v) is 2.86. The molecule has 2 aromatic rings. The van der Waals surface area contributed by atoms with Crippen LogP contribution in [0.1, 0.15) is 24.3 Å². The third-order valence-electron chi connectivity index (χ3n) is 3.12. The fourth-order valence-electron chi connectivity index (χ4n) is 2.15. The van der Waals surface area contributed by atoms with Crippen LogP contribution in [0.2, 0.25) is 5.28 Å². The van der Waals surface area contributed by atoms with Crippen molar-refractivity contribution in [3.8, 4) is 0 Å². The average Bonchev–Trinajstić information content (AvgIpc) is 2.99. The van der Waals surface area contributed by atoms with Crippen LogP contribution >= 0.6 is 22.9 Å². The van der Waals surface area contributed by atoms with Crippen LogP contribution in [0.5, 0.6) is 0 Å². The SMILES string of the molecule is Clc1nc(NCc2nccs2)nc(N2CCCCC2)n1. The summed E-state index contributed by atoms with van der Waals surface area (Å²) in [6.45, 7) is 2.55. The lowest BCUT2D eigenvalue weighted by Crippen LogP contribution is -2.31. The molecule has 8 heteroatoms. The van der Waals surface area contributed by atoms with Crippen molar-refractivity contribution < 1.29 is 0 Å². The van der Waals surface area contributed by atoms with Crippen LogP contribution in [0.3, 0.4) is 0 Å². The number of rotatable bonds is 4. The molecule has 106 valence electrons. The molecule has 0 spiro atoms. The Bertz CT molecular complexity index is 555. The number of nitrogens with zero attached hydrogens (tertiary/aromatic N) is 5. The molecule has 0 saturated carbocycles. The van der Waals surface area contributed by atoms with E-state index in [4.69, 9.17) is 11.6 Å². The number of hydrogen-bond donors (Lipinski definition) is 1. The molecule has 1 N–H and O–H groups in total. The summed E-state index contributed by atoms with van der Waals surface area (Å²) in [6.07, 6.45) is 5.39. The van der Waals surface area contributed by atoms with Gasteiger partial charge in [-0.15, -0.1) is 11.3 Å². The van der Waals surface area contributed by atoms with E-state index in [1.807, 2.05) is 5.38 Å². The molecule has 0 radical (unpaired) electrons. The van der Waals surface area contributed by atoms with Gasteiger partial charge in [0.1, 0.15) is 5.01 Å². The van der Waals surface area contributed by atoms with E-state index in [0.29, 0.717) is 18.4 Å². The topological polar surface area (TPSA) is 66.8 Å². The highest BCUT2D eigenvalue weighted by Gasteiger charge is 2.15. The molecule has 6 nitrogen and oxygen atoms in total. The minimum atomic E-state index is 0.224. The van der Waals surface area contributed by atoms with Crippen molar-refractivity contribution in [2.45, 2.75) is 25.8 Å². The third-order valence-corrected chi connectivity index (χ3v) is 4.07. The Morgan fingerprint density at radius 3 is 2.80 bits per heavy atom. The maximum Gasteiger partial charge on any atom is 0.231 e. The molecule has 1 fully saturated rings. The Labute approximate surface area is 126 Å². The predicted octanol–water partition coefficient (Wildman–Crippen LogP) is 2.58. The van der Waals surface area contributed by atoms with Gasteiger partial charge >= 0.3 is 0 Å². The number of halogens is 1. The highest BCUT2D eigenvalue weighted by Crippen LogP contribution is 2.18. The predicted molar refractivity (Wildman–Crippen MR) is 80.3 cm³/mol. The molecule has 2 aromatic heterocycles. The molecule has 3 heterocycles. The average molecular weight is 311 g/mol. The molecule has 3 rings (SSSR count). The van der Waals surface area contributed by atoms with Crippen molar-refractivity contribution in [3.05, 3.63) is 21.9 Å². The lowest BCUT2D eigenvalue weighted by Gasteiger charge is -2.26. The van der Waals surface area contributed by atoms with Crippen molar-refractivity contribution in [2.75, 3.05) is 23.3 Å². The number of aromatic nitrogens is 4. The van der Waals surface area contributed by atoms with E-state index in [0.717, 1.165) is 18.1 Å². The molecule has 1 saturated heterocycles. The van der Waals surface area contributed by atoms with Gasteiger partial charge in [0.2, 0.25) is 17.2 Å². The number of anilines is 2. The van der Waals surface area contributed by atoms with E-state index in [1.54, 1.807) is 17.5 Å². The summed E-state index contributed by atoms with van der Waals surface area (Å²) in [4.78, 5) is 19.1. The summed E-state index contributed by atoms with van der Waals surface area (Å²) in [5, 5.41) is 6.29. The zero-order chi connectivity index (χ0) is 13.8. The second-order valence-corrected chi connectivity index (χ2v) is 5.87. The van der Waals surface area contributed by atoms with Crippen LogP contribution in [-0.2, 0) is 6.54 Å². The number of hydrogen-bond acceptors (Lipinski definition) is 7. The summed E-state index contributed by atoms with van der Waals surface area (Å²) in [5.74, 6) is 1.16. The fraction of sp³-hybridized carbons (Fsp3) is 0.500. The van der Waals surface area contributed by atoms with Gasteiger partial charge in [0.05, 0.1) is 6.54 Å². The van der Waals surface area contributed by atoms with E-state index in [1.165, 1.54) is 19.3 Å². The largest absolute Gasteiger partial charge is 0.348 e. The maximum absolute atomic E-state index is 5.99. The lowest BCUT2D eigenvalue weighted by atomic mass is 10.1. The standard InChI is InChI=1S/C12H15ClN6S/c13-10-16-11(15-8-9-14-4-7-20-9)18-12(17-10)19-5-2-1-3-6-19/h4,7H,1-3,5-6,8H2,(H,15,16,17,18). The van der Waals surface area contributed by atoms with Gasteiger partial charge in [0.25, 0.3) is 0 Å². The zero-order valence-electron chi connectivity index (χ0n) is 10.9. The smallest absolute Gasteiger partial charge is 0.231 e. The van der Waals surface area contributed by atoms with Crippen LogP contribution in [0.25, 0.3) is 0 Å². The molecule has 0 unspecified atom stereocenters. The molecular formula is C12H15ClN6S. The second kappa shape index (κ2) is 6.32. The lowest BCUT2D eigenvalue weighted by molar-refractivity contribution is 0.567. The molecule has 0 atom stereocenters. The van der Waals surface area contributed by atoms with E-state index in [2.05, 4.69) is 30.2 Å². The molecule has 0 amide bonds. The Kier molecular flexibility index (Phi) is 4.27. The highest BCUT2D eigenvalue weighted by atomic mass is 35.5. The van der Waals surface area contributed by atoms with Crippen LogP contribution in [-0.4, -0.2) is 33.0 Å². The number of nitrogens with one attached hydrogen (secondary N) is 1. The monoisotopic (exact) mass is 310 g/mol. The Morgan fingerprint density at radius 1 is 1.20 bits per heavy atom. The summed E-state index contributed by atoms with van der Waals surface area (Å²) in [5.41, 5.74) is 0. The molecular weight excluding hydrogens is 296 g/mol. The summed E-state index contributed by atoms with van der Waals surface area (Å²) >= 11 is 7.58. The van der Waals surface area contributed by atoms with E-state index < -0.39 is 0 Å². The molecule has 0 aliphatic carbocycles. The molecule has 20 heavy (non-hydrogen) atoms. The van der Waals surface area contributed by atoms with Gasteiger partial charge in [-0.1, -0.05) is 0 Å². The minimum absolute atomic E-state index is 0.224. The molecule has 0 aromatic carbocycles. The van der Waals surface area contributed by atoms with Gasteiger partial charge in [-0.25, -0.2) is 4.98 Å². The van der Waals surface area contributed by atoms with Crippen LogP contribution in [0, 0.1) is 0 Å². The summed E-state index contributed by atoms with van der Waals surface area (Å²) in [7, 11) is 0. The van der Waals surface area contributed by atoms with E-state index in [9.17, 15) is 0 Å². The van der Waals surface area contributed by atoms with Gasteiger partial charge in [-0.05, 0) is 30.9 Å². The van der Waals surface area contributed by atoms with Crippen molar-refractivity contribution >= 4 is 34.8 Å².